The molecule has 0 heterocycles. The summed E-state index contributed by atoms with van der Waals surface area (Å²) in [5, 5.41) is 14.2. The number of amides is 1. The van der Waals surface area contributed by atoms with Crippen molar-refractivity contribution < 1.29 is 23.4 Å². The van der Waals surface area contributed by atoms with Crippen LogP contribution in [0, 0.1) is 11.6 Å². The molecule has 0 bridgehead atoms. The molecular formula is C22H19F2NO3. The van der Waals surface area contributed by atoms with Crippen LogP contribution in [0.3, 0.4) is 0 Å². The predicted octanol–water partition coefficient (Wildman–Crippen LogP) is 3.99. The van der Waals surface area contributed by atoms with Crippen molar-refractivity contribution in [3.8, 4) is 5.75 Å². The average Bonchev–Trinajstić information content (AvgIpc) is 2.70. The lowest BCUT2D eigenvalue weighted by Crippen LogP contribution is -2.29. The Morgan fingerprint density at radius 3 is 2.50 bits per heavy atom. The van der Waals surface area contributed by atoms with Gasteiger partial charge in [-0.1, -0.05) is 24.3 Å². The molecule has 28 heavy (non-hydrogen) atoms. The van der Waals surface area contributed by atoms with Crippen LogP contribution < -0.4 is 10.1 Å². The van der Waals surface area contributed by atoms with Gasteiger partial charge in [-0.05, 0) is 52.7 Å². The number of benzene rings is 3. The molecule has 0 saturated carbocycles. The van der Waals surface area contributed by atoms with Crippen LogP contribution in [0.2, 0.25) is 0 Å². The highest BCUT2D eigenvalue weighted by molar-refractivity contribution is 5.92. The van der Waals surface area contributed by atoms with Crippen LogP contribution in [-0.2, 0) is 4.79 Å². The zero-order valence-corrected chi connectivity index (χ0v) is 15.2. The van der Waals surface area contributed by atoms with Gasteiger partial charge in [-0.3, -0.25) is 4.79 Å². The van der Waals surface area contributed by atoms with Crippen molar-refractivity contribution in [3.63, 3.8) is 0 Å². The molecule has 0 aliphatic carbocycles. The van der Waals surface area contributed by atoms with E-state index in [9.17, 15) is 18.7 Å². The number of rotatable bonds is 6. The molecule has 1 atom stereocenters. The average molecular weight is 383 g/mol. The lowest BCUT2D eigenvalue weighted by atomic mass is 10.0. The molecule has 0 aliphatic heterocycles. The molecule has 3 aromatic rings. The van der Waals surface area contributed by atoms with Gasteiger partial charge in [0.05, 0.1) is 19.8 Å². The maximum atomic E-state index is 13.6. The van der Waals surface area contributed by atoms with Gasteiger partial charge in [0.15, 0.2) is 0 Å². The molecule has 1 unspecified atom stereocenters. The summed E-state index contributed by atoms with van der Waals surface area (Å²) in [7, 11) is 1.58. The zero-order valence-electron chi connectivity index (χ0n) is 15.2. The molecular weight excluding hydrogens is 364 g/mol. The molecule has 0 spiro atoms. The van der Waals surface area contributed by atoms with Gasteiger partial charge in [0.1, 0.15) is 17.4 Å². The van der Waals surface area contributed by atoms with Gasteiger partial charge in [0.2, 0.25) is 5.91 Å². The number of hydrogen-bond acceptors (Lipinski definition) is 3. The number of halogens is 2. The van der Waals surface area contributed by atoms with Crippen molar-refractivity contribution in [2.45, 2.75) is 6.04 Å². The monoisotopic (exact) mass is 383 g/mol. The first-order valence-corrected chi connectivity index (χ1v) is 8.63. The number of nitrogens with one attached hydrogen (secondary N) is 1. The highest BCUT2D eigenvalue weighted by Crippen LogP contribution is 2.24. The number of carbonyl (C=O) groups is 1. The first kappa shape index (κ1) is 19.5. The third kappa shape index (κ3) is 4.35. The number of methoxy groups -OCH3 is 1. The second kappa shape index (κ2) is 8.63. The van der Waals surface area contributed by atoms with Crippen molar-refractivity contribution in [2.24, 2.45) is 0 Å². The molecule has 0 aromatic heterocycles. The number of carbonyl (C=O) groups excluding carboxylic acids is 1. The third-order valence-corrected chi connectivity index (χ3v) is 4.37. The Kier molecular flexibility index (Phi) is 6.01. The van der Waals surface area contributed by atoms with Crippen LogP contribution in [0.1, 0.15) is 17.2 Å². The summed E-state index contributed by atoms with van der Waals surface area (Å²) in [5.74, 6) is -1.39. The molecule has 3 rings (SSSR count). The molecule has 0 aliphatic rings. The van der Waals surface area contributed by atoms with Gasteiger partial charge in [0.25, 0.3) is 0 Å². The van der Waals surface area contributed by atoms with E-state index in [4.69, 9.17) is 4.74 Å². The summed E-state index contributed by atoms with van der Waals surface area (Å²) in [5.41, 5.74) is 0.401. The molecule has 1 amide bonds. The van der Waals surface area contributed by atoms with Crippen LogP contribution in [0.4, 0.5) is 8.78 Å². The van der Waals surface area contributed by atoms with Crippen molar-refractivity contribution in [3.05, 3.63) is 83.4 Å². The molecule has 3 aromatic carbocycles. The van der Waals surface area contributed by atoms with Crippen molar-refractivity contribution in [1.82, 2.24) is 5.32 Å². The molecule has 2 N–H and O–H groups in total. The molecule has 144 valence electrons. The molecule has 6 heteroatoms. The standard InChI is InChI=1S/C22H19F2NO3/c1-28-17-8-7-14-5-6-15(11-16(14)12-17)21(13-26)25-22(27)10-9-18-19(23)3-2-4-20(18)24/h2-12,21,26H,13H2,1H3,(H,25,27). The molecule has 4 nitrogen and oxygen atoms in total. The second-order valence-corrected chi connectivity index (χ2v) is 6.18. The van der Waals surface area contributed by atoms with E-state index in [1.807, 2.05) is 30.3 Å². The molecule has 0 fully saturated rings. The van der Waals surface area contributed by atoms with Crippen LogP contribution in [0.5, 0.6) is 5.75 Å². The van der Waals surface area contributed by atoms with Crippen LogP contribution in [0.25, 0.3) is 16.8 Å². The minimum absolute atomic E-state index is 0.295. The largest absolute Gasteiger partial charge is 0.497 e. The number of fused-ring (bicyclic) bond motifs is 1. The fourth-order valence-corrected chi connectivity index (χ4v) is 2.87. The van der Waals surface area contributed by atoms with Gasteiger partial charge in [0, 0.05) is 11.6 Å². The van der Waals surface area contributed by atoms with E-state index in [0.29, 0.717) is 11.3 Å². The van der Waals surface area contributed by atoms with E-state index in [-0.39, 0.29) is 12.2 Å². The zero-order chi connectivity index (χ0) is 20.1. The number of ether oxygens (including phenoxy) is 1. The number of hydrogen-bond donors (Lipinski definition) is 2. The Hall–Kier alpha value is -3.25. The number of aliphatic hydroxyl groups excluding tert-OH is 1. The first-order valence-electron chi connectivity index (χ1n) is 8.63. The van der Waals surface area contributed by atoms with E-state index in [1.54, 1.807) is 13.2 Å². The molecule has 0 saturated heterocycles. The maximum Gasteiger partial charge on any atom is 0.244 e. The van der Waals surface area contributed by atoms with Crippen molar-refractivity contribution in [1.29, 1.82) is 0 Å². The Balaban J connectivity index is 1.79. The van der Waals surface area contributed by atoms with Gasteiger partial charge < -0.3 is 15.2 Å². The summed E-state index contributed by atoms with van der Waals surface area (Å²) < 4.78 is 32.5. The lowest BCUT2D eigenvalue weighted by Gasteiger charge is -2.16. The highest BCUT2D eigenvalue weighted by Gasteiger charge is 2.13. The topological polar surface area (TPSA) is 58.6 Å². The quantitative estimate of drug-likeness (QED) is 0.633. The van der Waals surface area contributed by atoms with E-state index in [2.05, 4.69) is 5.32 Å². The summed E-state index contributed by atoms with van der Waals surface area (Å²) in [6.07, 6.45) is 2.11. The van der Waals surface area contributed by atoms with Gasteiger partial charge in [-0.2, -0.15) is 0 Å². The second-order valence-electron chi connectivity index (χ2n) is 6.18. The summed E-state index contributed by atoms with van der Waals surface area (Å²) >= 11 is 0. The lowest BCUT2D eigenvalue weighted by molar-refractivity contribution is -0.117. The summed E-state index contributed by atoms with van der Waals surface area (Å²) in [6.45, 7) is -0.330. The molecule has 0 radical (unpaired) electrons. The fraction of sp³-hybridized carbons (Fsp3) is 0.136. The third-order valence-electron chi connectivity index (χ3n) is 4.37. The minimum atomic E-state index is -0.758. The Labute approximate surface area is 161 Å². The van der Waals surface area contributed by atoms with Gasteiger partial charge in [-0.25, -0.2) is 8.78 Å². The highest BCUT2D eigenvalue weighted by atomic mass is 19.1. The van der Waals surface area contributed by atoms with Crippen LogP contribution in [-0.4, -0.2) is 24.7 Å². The minimum Gasteiger partial charge on any atom is -0.497 e. The smallest absolute Gasteiger partial charge is 0.244 e. The van der Waals surface area contributed by atoms with Gasteiger partial charge >= 0.3 is 0 Å². The predicted molar refractivity (Wildman–Crippen MR) is 104 cm³/mol. The Morgan fingerprint density at radius 1 is 1.11 bits per heavy atom. The van der Waals surface area contributed by atoms with Crippen molar-refractivity contribution >= 4 is 22.8 Å². The van der Waals surface area contributed by atoms with Gasteiger partial charge in [-0.15, -0.1) is 0 Å². The Bertz CT molecular complexity index is 1010. The van der Waals surface area contributed by atoms with Crippen LogP contribution >= 0.6 is 0 Å². The summed E-state index contributed by atoms with van der Waals surface area (Å²) in [6, 6.07) is 13.9. The number of aliphatic hydroxyl groups is 1. The fourth-order valence-electron chi connectivity index (χ4n) is 2.87. The first-order chi connectivity index (χ1) is 13.5. The SMILES string of the molecule is COc1ccc2ccc(C(CO)NC(=O)C=Cc3c(F)cccc3F)cc2c1. The van der Waals surface area contributed by atoms with E-state index in [0.717, 1.165) is 35.1 Å². The van der Waals surface area contributed by atoms with E-state index >= 15 is 0 Å². The summed E-state index contributed by atoms with van der Waals surface area (Å²) in [4.78, 5) is 12.2. The Morgan fingerprint density at radius 2 is 1.82 bits per heavy atom. The normalized spacial score (nSPS) is 12.3. The van der Waals surface area contributed by atoms with Crippen LogP contribution in [0.15, 0.2) is 60.7 Å². The van der Waals surface area contributed by atoms with E-state index < -0.39 is 23.6 Å². The maximum absolute atomic E-state index is 13.6. The van der Waals surface area contributed by atoms with Crippen molar-refractivity contribution in [2.75, 3.05) is 13.7 Å². The van der Waals surface area contributed by atoms with E-state index in [1.165, 1.54) is 6.07 Å².